The highest BCUT2D eigenvalue weighted by atomic mass is 19.4. The lowest BCUT2D eigenvalue weighted by Crippen LogP contribution is -2.95. The number of halogens is 24. The minimum atomic E-state index is -10.5. The summed E-state index contributed by atoms with van der Waals surface area (Å²) in [6.07, 6.45) is -37.3. The third kappa shape index (κ3) is 2.80. The number of hydrogen-bond donors (Lipinski definition) is 0. The molecule has 36 heavy (non-hydrogen) atoms. The summed E-state index contributed by atoms with van der Waals surface area (Å²) in [5.41, 5.74) is -30.8. The van der Waals surface area contributed by atoms with Gasteiger partial charge in [-0.25, -0.2) is 8.78 Å². The predicted molar refractivity (Wildman–Crippen MR) is 59.1 cm³/mol. The second kappa shape index (κ2) is 7.04. The molecule has 1 fully saturated rings. The van der Waals surface area contributed by atoms with Crippen molar-refractivity contribution in [3.8, 4) is 0 Å². The monoisotopic (exact) mass is 600 g/mol. The fraction of sp³-hybridized carbons (Fsp3) is 1.00. The van der Waals surface area contributed by atoms with E-state index in [1.54, 1.807) is 0 Å². The van der Waals surface area contributed by atoms with E-state index in [1.165, 1.54) is 0 Å². The topological polar surface area (TPSA) is 0 Å². The zero-order valence-electron chi connectivity index (χ0n) is 15.1. The average Bonchev–Trinajstić information content (AvgIpc) is 2.55. The summed E-state index contributed by atoms with van der Waals surface area (Å²) in [6.45, 7) is 0. The summed E-state index contributed by atoms with van der Waals surface area (Å²) in [6, 6.07) is 0. The lowest BCUT2D eigenvalue weighted by molar-refractivity contribution is -0.573. The van der Waals surface area contributed by atoms with Gasteiger partial charge in [0.25, 0.3) is 0 Å². The summed E-state index contributed by atoms with van der Waals surface area (Å²) >= 11 is 0. The summed E-state index contributed by atoms with van der Waals surface area (Å²) in [5, 5.41) is 0. The van der Waals surface area contributed by atoms with Gasteiger partial charge in [-0.2, -0.15) is 96.6 Å². The quantitative estimate of drug-likeness (QED) is 0.284. The molecule has 0 saturated heterocycles. The van der Waals surface area contributed by atoms with Crippen LogP contribution in [-0.2, 0) is 0 Å². The van der Waals surface area contributed by atoms with Gasteiger partial charge in [-0.15, -0.1) is 0 Å². The van der Waals surface area contributed by atoms with Crippen LogP contribution in [-0.4, -0.2) is 65.7 Å². The first-order chi connectivity index (χ1) is 15.0. The Bertz CT molecular complexity index is 759. The van der Waals surface area contributed by atoms with Gasteiger partial charge in [0.2, 0.25) is 5.41 Å². The molecule has 0 heterocycles. The van der Waals surface area contributed by atoms with Crippen molar-refractivity contribution in [2.24, 2.45) is 5.41 Å². The van der Waals surface area contributed by atoms with Crippen molar-refractivity contribution < 1.29 is 105 Å². The van der Waals surface area contributed by atoms with Crippen molar-refractivity contribution in [1.29, 1.82) is 0 Å². The minimum Gasteiger partial charge on any atom is -0.222 e. The van der Waals surface area contributed by atoms with Crippen LogP contribution in [0, 0.1) is 5.41 Å². The van der Waals surface area contributed by atoms with Gasteiger partial charge in [0.15, 0.2) is 0 Å². The molecule has 0 bridgehead atoms. The van der Waals surface area contributed by atoms with Crippen LogP contribution in [0.5, 0.6) is 0 Å². The molecular formula is C12F24. The molecule has 1 aliphatic carbocycles. The molecule has 0 amide bonds. The van der Waals surface area contributed by atoms with Crippen LogP contribution in [0.4, 0.5) is 105 Å². The Morgan fingerprint density at radius 1 is 0.250 bits per heavy atom. The fourth-order valence-electron chi connectivity index (χ4n) is 3.53. The highest BCUT2D eigenvalue weighted by Gasteiger charge is 3.15. The molecule has 0 radical (unpaired) electrons. The first-order valence-electron chi connectivity index (χ1n) is 7.54. The van der Waals surface area contributed by atoms with Crippen molar-refractivity contribution in [2.45, 2.75) is 65.7 Å². The van der Waals surface area contributed by atoms with Crippen LogP contribution in [0.3, 0.4) is 0 Å². The second-order valence-corrected chi connectivity index (χ2v) is 6.93. The third-order valence-electron chi connectivity index (χ3n) is 5.12. The van der Waals surface area contributed by atoms with E-state index in [0.29, 0.717) is 0 Å². The lowest BCUT2D eigenvalue weighted by Gasteiger charge is -2.63. The van der Waals surface area contributed by atoms with E-state index in [9.17, 15) is 105 Å². The molecule has 0 aromatic carbocycles. The molecule has 0 nitrogen and oxygen atoms in total. The van der Waals surface area contributed by atoms with Crippen molar-refractivity contribution >= 4 is 0 Å². The van der Waals surface area contributed by atoms with E-state index in [4.69, 9.17) is 0 Å². The summed E-state index contributed by atoms with van der Waals surface area (Å²) in [5.74, 6) is -47.3. The molecule has 1 aliphatic rings. The van der Waals surface area contributed by atoms with Crippen LogP contribution in [0.15, 0.2) is 0 Å². The van der Waals surface area contributed by atoms with Gasteiger partial charge in [-0.1, -0.05) is 0 Å². The maximum absolute atomic E-state index is 14.5. The van der Waals surface area contributed by atoms with E-state index in [1.807, 2.05) is 0 Å². The molecular weight excluding hydrogens is 600 g/mol. The van der Waals surface area contributed by atoms with Gasteiger partial charge in [0.05, 0.1) is 0 Å². The van der Waals surface area contributed by atoms with Crippen LogP contribution in [0.25, 0.3) is 0 Å². The Balaban J connectivity index is 5.08. The Morgan fingerprint density at radius 2 is 0.389 bits per heavy atom. The first-order valence-corrected chi connectivity index (χ1v) is 7.54. The highest BCUT2D eigenvalue weighted by molar-refractivity contribution is 5.38. The molecule has 1 rings (SSSR count). The van der Waals surface area contributed by atoms with Crippen LogP contribution < -0.4 is 0 Å². The van der Waals surface area contributed by atoms with E-state index in [0.717, 1.165) is 0 Å². The normalized spacial score (nSPS) is 26.0. The van der Waals surface area contributed by atoms with Crippen LogP contribution in [0.2, 0.25) is 0 Å². The van der Waals surface area contributed by atoms with Gasteiger partial charge >= 0.3 is 65.7 Å². The van der Waals surface area contributed by atoms with E-state index < -0.39 is 71.1 Å². The smallest absolute Gasteiger partial charge is 0.222 e. The zero-order valence-corrected chi connectivity index (χ0v) is 15.1. The molecule has 0 aliphatic heterocycles. The molecule has 0 spiro atoms. The van der Waals surface area contributed by atoms with Crippen molar-refractivity contribution in [2.75, 3.05) is 0 Å². The van der Waals surface area contributed by atoms with Crippen molar-refractivity contribution in [3.63, 3.8) is 0 Å². The molecule has 24 heteroatoms. The van der Waals surface area contributed by atoms with E-state index in [2.05, 4.69) is 0 Å². The van der Waals surface area contributed by atoms with Gasteiger partial charge < -0.3 is 0 Å². The molecule has 0 N–H and O–H groups in total. The Kier molecular flexibility index (Phi) is 6.32. The maximum atomic E-state index is 14.5. The zero-order chi connectivity index (χ0) is 30.0. The van der Waals surface area contributed by atoms with Gasteiger partial charge in [-0.3, -0.25) is 0 Å². The summed E-state index contributed by atoms with van der Waals surface area (Å²) in [7, 11) is 0. The second-order valence-electron chi connectivity index (χ2n) is 6.93. The molecule has 0 aromatic heterocycles. The van der Waals surface area contributed by atoms with E-state index >= 15 is 0 Å². The predicted octanol–water partition coefficient (Wildman–Crippen LogP) is 7.83. The standard InChI is InChI=1S/C12F24/c13-2(9(25,26)27,10(28,29)30)1(3(14,11(31,32)33)12(34,35)36)4(15,16)6(19,20)8(23,24)7(21,22)5(1,17)18. The first kappa shape index (κ1) is 32.3. The van der Waals surface area contributed by atoms with Crippen molar-refractivity contribution in [1.82, 2.24) is 0 Å². The lowest BCUT2D eigenvalue weighted by atomic mass is 9.48. The Labute approximate surface area is 178 Å². The number of hydrogen-bond acceptors (Lipinski definition) is 0. The van der Waals surface area contributed by atoms with Crippen molar-refractivity contribution in [3.05, 3.63) is 0 Å². The third-order valence-corrected chi connectivity index (χ3v) is 5.12. The van der Waals surface area contributed by atoms with Gasteiger partial charge in [0, 0.05) is 0 Å². The Morgan fingerprint density at radius 3 is 0.528 bits per heavy atom. The summed E-state index contributed by atoms with van der Waals surface area (Å²) < 4.78 is 322. The Hall–Kier alpha value is -1.68. The minimum absolute atomic E-state index is 8.84. The molecule has 0 atom stereocenters. The van der Waals surface area contributed by atoms with Gasteiger partial charge in [-0.05, 0) is 0 Å². The van der Waals surface area contributed by atoms with Crippen LogP contribution >= 0.6 is 0 Å². The highest BCUT2D eigenvalue weighted by Crippen LogP contribution is 2.83. The summed E-state index contributed by atoms with van der Waals surface area (Å²) in [4.78, 5) is 0. The van der Waals surface area contributed by atoms with Gasteiger partial charge in [0.1, 0.15) is 0 Å². The maximum Gasteiger partial charge on any atom is 0.432 e. The molecule has 1 saturated carbocycles. The molecule has 0 unspecified atom stereocenters. The number of rotatable bonds is 2. The molecule has 216 valence electrons. The fourth-order valence-corrected chi connectivity index (χ4v) is 3.53. The average molecular weight is 600 g/mol. The largest absolute Gasteiger partial charge is 0.432 e. The van der Waals surface area contributed by atoms with Crippen LogP contribution in [0.1, 0.15) is 0 Å². The molecule has 0 aromatic rings. The SMILES string of the molecule is FC(F)(F)C(F)(C(F)(F)F)C1(C(F)(C(F)(F)F)C(F)(F)F)C(F)(F)C(F)(F)C(F)(F)C(F)(F)C1(F)F. The van der Waals surface area contributed by atoms with E-state index in [-0.39, 0.29) is 0 Å². The number of alkyl halides is 24.